The Kier molecular flexibility index (Phi) is 3.86. The van der Waals surface area contributed by atoms with Crippen LogP contribution in [0.4, 0.5) is 0 Å². The summed E-state index contributed by atoms with van der Waals surface area (Å²) in [4.78, 5) is 8.75. The Hall–Kier alpha value is -1.26. The number of thiazole rings is 1. The van der Waals surface area contributed by atoms with E-state index in [1.165, 1.54) is 11.1 Å². The average Bonchev–Trinajstić information content (AvgIpc) is 2.72. The van der Waals surface area contributed by atoms with Gasteiger partial charge in [-0.2, -0.15) is 0 Å². The van der Waals surface area contributed by atoms with E-state index in [0.717, 1.165) is 17.1 Å². The highest BCUT2D eigenvalue weighted by molar-refractivity contribution is 7.09. The molecule has 2 heterocycles. The van der Waals surface area contributed by atoms with Gasteiger partial charge < -0.3 is 5.32 Å². The molecule has 0 aliphatic carbocycles. The summed E-state index contributed by atoms with van der Waals surface area (Å²) in [6, 6.07) is 2.46. The van der Waals surface area contributed by atoms with E-state index >= 15 is 0 Å². The van der Waals surface area contributed by atoms with Crippen LogP contribution in [0.5, 0.6) is 0 Å². The van der Waals surface area contributed by atoms with Crippen LogP contribution in [0, 0.1) is 13.8 Å². The molecule has 1 atom stereocenters. The lowest BCUT2D eigenvalue weighted by Gasteiger charge is -2.15. The maximum absolute atomic E-state index is 4.50. The number of hydrogen-bond acceptors (Lipinski definition) is 4. The largest absolute Gasteiger partial charge is 0.313 e. The van der Waals surface area contributed by atoms with E-state index in [9.17, 15) is 0 Å². The Balaban J connectivity index is 2.16. The lowest BCUT2D eigenvalue weighted by Crippen LogP contribution is -2.19. The molecule has 2 aromatic rings. The summed E-state index contributed by atoms with van der Waals surface area (Å²) in [6.07, 6.45) is 4.71. The van der Waals surface area contributed by atoms with Crippen LogP contribution in [0.3, 0.4) is 0 Å². The van der Waals surface area contributed by atoms with Crippen molar-refractivity contribution in [3.8, 4) is 0 Å². The summed E-state index contributed by atoms with van der Waals surface area (Å²) in [6.45, 7) is 4.10. The number of aryl methyl sites for hydroxylation is 2. The van der Waals surface area contributed by atoms with Crippen LogP contribution in [0.25, 0.3) is 0 Å². The third-order valence-corrected chi connectivity index (χ3v) is 3.55. The van der Waals surface area contributed by atoms with Crippen molar-refractivity contribution in [1.82, 2.24) is 15.3 Å². The number of nitrogens with one attached hydrogen (secondary N) is 1. The molecule has 0 amide bonds. The van der Waals surface area contributed by atoms with E-state index in [0.29, 0.717) is 0 Å². The summed E-state index contributed by atoms with van der Waals surface area (Å²) in [5.41, 5.74) is 3.56. The van der Waals surface area contributed by atoms with Crippen LogP contribution in [0.2, 0.25) is 0 Å². The molecule has 1 unspecified atom stereocenters. The predicted octanol–water partition coefficient (Wildman–Crippen LogP) is 2.66. The summed E-state index contributed by atoms with van der Waals surface area (Å²) in [5, 5.41) is 6.58. The number of hydrogen-bond donors (Lipinski definition) is 1. The molecule has 0 radical (unpaired) electrons. The van der Waals surface area contributed by atoms with E-state index in [1.807, 2.05) is 26.4 Å². The molecule has 0 spiro atoms. The van der Waals surface area contributed by atoms with Gasteiger partial charge in [-0.15, -0.1) is 11.3 Å². The Morgan fingerprint density at radius 1 is 1.35 bits per heavy atom. The van der Waals surface area contributed by atoms with E-state index in [2.05, 4.69) is 33.7 Å². The first kappa shape index (κ1) is 12.2. The zero-order valence-electron chi connectivity index (χ0n) is 10.4. The Morgan fingerprint density at radius 2 is 2.18 bits per heavy atom. The summed E-state index contributed by atoms with van der Waals surface area (Å²) in [7, 11) is 1.98. The fourth-order valence-electron chi connectivity index (χ4n) is 1.87. The molecule has 0 aliphatic rings. The molecule has 3 nitrogen and oxygen atoms in total. The van der Waals surface area contributed by atoms with Gasteiger partial charge in [0.1, 0.15) is 0 Å². The van der Waals surface area contributed by atoms with Gasteiger partial charge in [0.15, 0.2) is 0 Å². The molecule has 17 heavy (non-hydrogen) atoms. The highest BCUT2D eigenvalue weighted by Gasteiger charge is 2.12. The van der Waals surface area contributed by atoms with Crippen molar-refractivity contribution >= 4 is 11.3 Å². The normalized spacial score (nSPS) is 12.6. The lowest BCUT2D eigenvalue weighted by atomic mass is 10.0. The van der Waals surface area contributed by atoms with Crippen molar-refractivity contribution in [2.24, 2.45) is 0 Å². The van der Waals surface area contributed by atoms with Gasteiger partial charge in [0.05, 0.1) is 10.7 Å². The molecule has 0 aromatic carbocycles. The second-order valence-corrected chi connectivity index (χ2v) is 5.26. The van der Waals surface area contributed by atoms with Gasteiger partial charge in [0.2, 0.25) is 0 Å². The summed E-state index contributed by atoms with van der Waals surface area (Å²) in [5.74, 6) is 0. The van der Waals surface area contributed by atoms with E-state index in [-0.39, 0.29) is 6.04 Å². The fraction of sp³-hybridized carbons (Fsp3) is 0.385. The number of likely N-dealkylation sites (N-methyl/N-ethyl adjacent to an activating group) is 1. The van der Waals surface area contributed by atoms with Gasteiger partial charge in [-0.05, 0) is 32.0 Å². The zero-order valence-corrected chi connectivity index (χ0v) is 11.2. The first-order valence-electron chi connectivity index (χ1n) is 5.69. The smallest absolute Gasteiger partial charge is 0.0897 e. The predicted molar refractivity (Wildman–Crippen MR) is 71.3 cm³/mol. The molecule has 0 aliphatic heterocycles. The van der Waals surface area contributed by atoms with Crippen molar-refractivity contribution in [2.45, 2.75) is 26.3 Å². The van der Waals surface area contributed by atoms with Crippen LogP contribution in [-0.4, -0.2) is 17.0 Å². The van der Waals surface area contributed by atoms with Crippen LogP contribution in [-0.2, 0) is 6.42 Å². The number of nitrogens with zero attached hydrogens (tertiary/aromatic N) is 2. The highest BCUT2D eigenvalue weighted by Crippen LogP contribution is 2.19. The van der Waals surface area contributed by atoms with Crippen LogP contribution >= 0.6 is 11.3 Å². The van der Waals surface area contributed by atoms with Gasteiger partial charge in [-0.25, -0.2) is 4.98 Å². The minimum atomic E-state index is 0.281. The molecule has 0 saturated carbocycles. The van der Waals surface area contributed by atoms with E-state index < -0.39 is 0 Å². The second kappa shape index (κ2) is 5.38. The molecular weight excluding hydrogens is 230 g/mol. The Bertz CT molecular complexity index is 493. The van der Waals surface area contributed by atoms with E-state index in [4.69, 9.17) is 0 Å². The quantitative estimate of drug-likeness (QED) is 0.902. The van der Waals surface area contributed by atoms with Gasteiger partial charge in [0.25, 0.3) is 0 Å². The third kappa shape index (κ3) is 3.11. The minimum absolute atomic E-state index is 0.281. The molecule has 2 rings (SSSR count). The van der Waals surface area contributed by atoms with Crippen LogP contribution in [0.15, 0.2) is 23.8 Å². The number of aromatic nitrogens is 2. The van der Waals surface area contributed by atoms with Crippen molar-refractivity contribution in [3.05, 3.63) is 45.7 Å². The molecule has 1 N–H and O–H groups in total. The van der Waals surface area contributed by atoms with Crippen LogP contribution < -0.4 is 5.32 Å². The van der Waals surface area contributed by atoms with E-state index in [1.54, 1.807) is 11.3 Å². The molecule has 0 saturated heterocycles. The average molecular weight is 247 g/mol. The number of rotatable bonds is 4. The molecule has 0 bridgehead atoms. The van der Waals surface area contributed by atoms with Crippen molar-refractivity contribution in [3.63, 3.8) is 0 Å². The van der Waals surface area contributed by atoms with Crippen LogP contribution in [0.1, 0.15) is 27.9 Å². The minimum Gasteiger partial charge on any atom is -0.313 e. The second-order valence-electron chi connectivity index (χ2n) is 4.20. The first-order valence-corrected chi connectivity index (χ1v) is 6.57. The van der Waals surface area contributed by atoms with Gasteiger partial charge >= 0.3 is 0 Å². The van der Waals surface area contributed by atoms with Gasteiger partial charge in [-0.1, -0.05) is 6.07 Å². The standard InChI is InChI=1S/C13H17N3S/c1-9-4-11(7-15-6-9)13(14-3)5-12-8-17-10(2)16-12/h4,6-8,13-14H,5H2,1-3H3. The third-order valence-electron chi connectivity index (χ3n) is 2.73. The van der Waals surface area contributed by atoms with Gasteiger partial charge in [-0.3, -0.25) is 4.98 Å². The Morgan fingerprint density at radius 3 is 2.76 bits per heavy atom. The summed E-state index contributed by atoms with van der Waals surface area (Å²) >= 11 is 1.70. The molecule has 2 aromatic heterocycles. The molecule has 90 valence electrons. The maximum Gasteiger partial charge on any atom is 0.0897 e. The monoisotopic (exact) mass is 247 g/mol. The van der Waals surface area contributed by atoms with Crippen molar-refractivity contribution in [2.75, 3.05) is 7.05 Å². The fourth-order valence-corrected chi connectivity index (χ4v) is 2.49. The maximum atomic E-state index is 4.50. The Labute approximate surface area is 106 Å². The molecular formula is C13H17N3S. The topological polar surface area (TPSA) is 37.8 Å². The highest BCUT2D eigenvalue weighted by atomic mass is 32.1. The lowest BCUT2D eigenvalue weighted by molar-refractivity contribution is 0.583. The molecule has 4 heteroatoms. The summed E-state index contributed by atoms with van der Waals surface area (Å²) < 4.78 is 0. The first-order chi connectivity index (χ1) is 8.19. The van der Waals surface area contributed by atoms with Gasteiger partial charge in [0, 0.05) is 30.2 Å². The molecule has 0 fully saturated rings. The van der Waals surface area contributed by atoms with Crippen molar-refractivity contribution < 1.29 is 0 Å². The van der Waals surface area contributed by atoms with Crippen molar-refractivity contribution in [1.29, 1.82) is 0 Å². The SMILES string of the molecule is CNC(Cc1csc(C)n1)c1cncc(C)c1. The number of pyridine rings is 1. The zero-order chi connectivity index (χ0) is 12.3.